The zero-order chi connectivity index (χ0) is 14.7. The normalized spacial score (nSPS) is 17.7. The molecular weight excluding hydrogens is 266 g/mol. The van der Waals surface area contributed by atoms with Gasteiger partial charge in [-0.25, -0.2) is 0 Å². The average Bonchev–Trinajstić information content (AvgIpc) is 3.01. The van der Waals surface area contributed by atoms with Crippen LogP contribution in [0.4, 0.5) is 0 Å². The second kappa shape index (κ2) is 5.80. The van der Waals surface area contributed by atoms with Gasteiger partial charge < -0.3 is 9.64 Å². The number of carbonyl (C=O) groups is 1. The predicted octanol–water partition coefficient (Wildman–Crippen LogP) is 2.13. The summed E-state index contributed by atoms with van der Waals surface area (Å²) in [7, 11) is 0. The first-order chi connectivity index (χ1) is 10.3. The lowest BCUT2D eigenvalue weighted by Gasteiger charge is -2.19. The number of nitriles is 1. The molecule has 5 heteroatoms. The quantitative estimate of drug-likeness (QED) is 0.864. The molecule has 0 aliphatic carbocycles. The lowest BCUT2D eigenvalue weighted by molar-refractivity contribution is -0.133. The SMILES string of the molecule is N#C[C@H]1CCCN1C(=O)COc1ccnc2ccccc12. The van der Waals surface area contributed by atoms with Gasteiger partial charge >= 0.3 is 0 Å². The number of ether oxygens (including phenoxy) is 1. The summed E-state index contributed by atoms with van der Waals surface area (Å²) in [5, 5.41) is 9.90. The maximum Gasteiger partial charge on any atom is 0.261 e. The van der Waals surface area contributed by atoms with Crippen molar-refractivity contribution in [2.45, 2.75) is 18.9 Å². The topological polar surface area (TPSA) is 66.2 Å². The molecule has 1 atom stereocenters. The van der Waals surface area contributed by atoms with Crippen LogP contribution >= 0.6 is 0 Å². The van der Waals surface area contributed by atoms with Crippen molar-refractivity contribution >= 4 is 16.8 Å². The van der Waals surface area contributed by atoms with Gasteiger partial charge in [0, 0.05) is 18.1 Å². The molecule has 0 radical (unpaired) electrons. The number of pyridine rings is 1. The van der Waals surface area contributed by atoms with Crippen LogP contribution in [-0.4, -0.2) is 35.0 Å². The molecule has 1 fully saturated rings. The maximum absolute atomic E-state index is 12.2. The van der Waals surface area contributed by atoms with Crippen LogP contribution in [0.3, 0.4) is 0 Å². The highest BCUT2D eigenvalue weighted by Crippen LogP contribution is 2.23. The first-order valence-electron chi connectivity index (χ1n) is 6.95. The van der Waals surface area contributed by atoms with Crippen LogP contribution in [0.15, 0.2) is 36.5 Å². The van der Waals surface area contributed by atoms with Crippen molar-refractivity contribution in [1.82, 2.24) is 9.88 Å². The Balaban J connectivity index is 1.72. The van der Waals surface area contributed by atoms with Crippen molar-refractivity contribution in [3.05, 3.63) is 36.5 Å². The molecule has 1 saturated heterocycles. The van der Waals surface area contributed by atoms with Crippen LogP contribution < -0.4 is 4.74 Å². The van der Waals surface area contributed by atoms with Gasteiger partial charge in [-0.15, -0.1) is 0 Å². The Morgan fingerprint density at radius 1 is 1.43 bits per heavy atom. The highest BCUT2D eigenvalue weighted by Gasteiger charge is 2.28. The van der Waals surface area contributed by atoms with E-state index in [1.807, 2.05) is 24.3 Å². The van der Waals surface area contributed by atoms with Crippen LogP contribution in [0.5, 0.6) is 5.75 Å². The summed E-state index contributed by atoms with van der Waals surface area (Å²) in [4.78, 5) is 18.0. The monoisotopic (exact) mass is 281 g/mol. The Hall–Kier alpha value is -2.61. The van der Waals surface area contributed by atoms with Crippen LogP contribution in [0.25, 0.3) is 10.9 Å². The minimum Gasteiger partial charge on any atom is -0.483 e. The second-order valence-corrected chi connectivity index (χ2v) is 4.99. The molecule has 0 bridgehead atoms. The van der Waals surface area contributed by atoms with Crippen molar-refractivity contribution in [3.8, 4) is 11.8 Å². The third kappa shape index (κ3) is 2.65. The van der Waals surface area contributed by atoms with Gasteiger partial charge in [-0.1, -0.05) is 12.1 Å². The van der Waals surface area contributed by atoms with Crippen LogP contribution in [-0.2, 0) is 4.79 Å². The number of hydrogen-bond acceptors (Lipinski definition) is 4. The number of hydrogen-bond donors (Lipinski definition) is 0. The van der Waals surface area contributed by atoms with Gasteiger partial charge in [0.25, 0.3) is 5.91 Å². The summed E-state index contributed by atoms with van der Waals surface area (Å²) in [5.41, 5.74) is 0.832. The summed E-state index contributed by atoms with van der Waals surface area (Å²) in [6.07, 6.45) is 3.29. The fourth-order valence-electron chi connectivity index (χ4n) is 2.62. The van der Waals surface area contributed by atoms with E-state index in [1.54, 1.807) is 17.2 Å². The first kappa shape index (κ1) is 13.4. The molecular formula is C16H15N3O2. The molecule has 0 unspecified atom stereocenters. The summed E-state index contributed by atoms with van der Waals surface area (Å²) < 4.78 is 5.65. The molecule has 1 amide bonds. The van der Waals surface area contributed by atoms with E-state index in [0.29, 0.717) is 12.3 Å². The lowest BCUT2D eigenvalue weighted by Crippen LogP contribution is -2.37. The number of aromatic nitrogens is 1. The molecule has 1 aromatic carbocycles. The van der Waals surface area contributed by atoms with E-state index in [0.717, 1.165) is 23.7 Å². The number of nitrogens with zero attached hydrogens (tertiary/aromatic N) is 3. The smallest absolute Gasteiger partial charge is 0.261 e. The van der Waals surface area contributed by atoms with E-state index in [2.05, 4.69) is 11.1 Å². The van der Waals surface area contributed by atoms with E-state index < -0.39 is 0 Å². The van der Waals surface area contributed by atoms with Crippen molar-refractivity contribution < 1.29 is 9.53 Å². The Bertz CT molecular complexity index is 703. The van der Waals surface area contributed by atoms with Crippen molar-refractivity contribution in [2.75, 3.05) is 13.2 Å². The van der Waals surface area contributed by atoms with E-state index in [9.17, 15) is 4.79 Å². The van der Waals surface area contributed by atoms with E-state index >= 15 is 0 Å². The van der Waals surface area contributed by atoms with Gasteiger partial charge in [-0.2, -0.15) is 5.26 Å². The number of benzene rings is 1. The predicted molar refractivity (Wildman–Crippen MR) is 77.6 cm³/mol. The molecule has 1 aromatic heterocycles. The molecule has 21 heavy (non-hydrogen) atoms. The van der Waals surface area contributed by atoms with E-state index in [1.165, 1.54) is 0 Å². The zero-order valence-corrected chi connectivity index (χ0v) is 11.5. The largest absolute Gasteiger partial charge is 0.483 e. The number of amides is 1. The van der Waals surface area contributed by atoms with E-state index in [-0.39, 0.29) is 18.6 Å². The Morgan fingerprint density at radius 2 is 2.29 bits per heavy atom. The molecule has 2 heterocycles. The molecule has 2 aromatic rings. The maximum atomic E-state index is 12.2. The summed E-state index contributed by atoms with van der Waals surface area (Å²) in [5.74, 6) is 0.501. The van der Waals surface area contributed by atoms with Gasteiger partial charge in [-0.05, 0) is 31.0 Å². The van der Waals surface area contributed by atoms with Gasteiger partial charge in [-0.3, -0.25) is 9.78 Å². The molecule has 1 aliphatic heterocycles. The van der Waals surface area contributed by atoms with Crippen LogP contribution in [0.2, 0.25) is 0 Å². The highest BCUT2D eigenvalue weighted by atomic mass is 16.5. The Morgan fingerprint density at radius 3 is 3.14 bits per heavy atom. The molecule has 0 spiro atoms. The summed E-state index contributed by atoms with van der Waals surface area (Å²) >= 11 is 0. The van der Waals surface area contributed by atoms with Gasteiger partial charge in [0.05, 0.1) is 11.6 Å². The van der Waals surface area contributed by atoms with Crippen molar-refractivity contribution in [1.29, 1.82) is 5.26 Å². The van der Waals surface area contributed by atoms with Gasteiger partial charge in [0.15, 0.2) is 6.61 Å². The molecule has 0 saturated carbocycles. The van der Waals surface area contributed by atoms with Crippen LogP contribution in [0, 0.1) is 11.3 Å². The minimum atomic E-state index is -0.310. The zero-order valence-electron chi connectivity index (χ0n) is 11.5. The molecule has 5 nitrogen and oxygen atoms in total. The van der Waals surface area contributed by atoms with Gasteiger partial charge in [0.2, 0.25) is 0 Å². The van der Waals surface area contributed by atoms with Crippen molar-refractivity contribution in [3.63, 3.8) is 0 Å². The summed E-state index contributed by atoms with van der Waals surface area (Å²) in [6, 6.07) is 11.2. The number of rotatable bonds is 3. The van der Waals surface area contributed by atoms with Gasteiger partial charge in [0.1, 0.15) is 11.8 Å². The summed E-state index contributed by atoms with van der Waals surface area (Å²) in [6.45, 7) is 0.587. The van der Waals surface area contributed by atoms with E-state index in [4.69, 9.17) is 10.00 Å². The fourth-order valence-corrected chi connectivity index (χ4v) is 2.62. The number of carbonyl (C=O) groups excluding carboxylic acids is 1. The number of fused-ring (bicyclic) bond motifs is 1. The Labute approximate surface area is 122 Å². The van der Waals surface area contributed by atoms with Crippen LogP contribution in [0.1, 0.15) is 12.8 Å². The van der Waals surface area contributed by atoms with Crippen molar-refractivity contribution in [2.24, 2.45) is 0 Å². The third-order valence-electron chi connectivity index (χ3n) is 3.68. The number of likely N-dealkylation sites (tertiary alicyclic amines) is 1. The second-order valence-electron chi connectivity index (χ2n) is 4.99. The molecule has 1 aliphatic rings. The minimum absolute atomic E-state index is 0.0494. The standard InChI is InChI=1S/C16H15N3O2/c17-10-12-4-3-9-19(12)16(20)11-21-15-7-8-18-14-6-2-1-5-13(14)15/h1-2,5-8,12H,3-4,9,11H2/t12-/m1/s1. The third-order valence-corrected chi connectivity index (χ3v) is 3.68. The molecule has 3 rings (SSSR count). The lowest BCUT2D eigenvalue weighted by atomic mass is 10.2. The first-order valence-corrected chi connectivity index (χ1v) is 6.95. The highest BCUT2D eigenvalue weighted by molar-refractivity contribution is 5.85. The molecule has 0 N–H and O–H groups in total. The fraction of sp³-hybridized carbons (Fsp3) is 0.312. The number of para-hydroxylation sites is 1. The molecule has 106 valence electrons. The Kier molecular flexibility index (Phi) is 3.69. The average molecular weight is 281 g/mol.